The van der Waals surface area contributed by atoms with Crippen molar-refractivity contribution in [1.29, 1.82) is 5.26 Å². The van der Waals surface area contributed by atoms with Gasteiger partial charge in [-0.1, -0.05) is 12.1 Å². The maximum atomic E-state index is 14.0. The molecule has 4 rings (SSSR count). The smallest absolute Gasteiger partial charge is 0.229 e. The van der Waals surface area contributed by atoms with Crippen LogP contribution in [0.4, 0.5) is 14.7 Å². The molecule has 1 aliphatic carbocycles. The van der Waals surface area contributed by atoms with Gasteiger partial charge < -0.3 is 9.67 Å². The highest BCUT2D eigenvalue weighted by Crippen LogP contribution is 2.38. The standard InChI is InChI=1S/C22H20F2N4O2/c1-22(30,14-4-2-5-15(23)9-14)11-20(29)27-21-26-18-10-17(24)13(12-25)8-19(18)28(21)16-6-3-7-16/h2,4-5,8-10,16,30H,3,6-7,11H2,1H3,(H,26,27,29)/t22-/m0/s1. The van der Waals surface area contributed by atoms with Crippen LogP contribution in [-0.2, 0) is 10.4 Å². The van der Waals surface area contributed by atoms with Crippen LogP contribution in [0.1, 0.15) is 49.8 Å². The van der Waals surface area contributed by atoms with E-state index < -0.39 is 23.1 Å². The maximum absolute atomic E-state index is 14.0. The largest absolute Gasteiger partial charge is 0.385 e. The van der Waals surface area contributed by atoms with E-state index in [-0.39, 0.29) is 29.5 Å². The summed E-state index contributed by atoms with van der Waals surface area (Å²) in [5.74, 6) is -1.45. The number of benzene rings is 2. The Morgan fingerprint density at radius 2 is 2.13 bits per heavy atom. The fourth-order valence-electron chi connectivity index (χ4n) is 3.71. The zero-order chi connectivity index (χ0) is 21.5. The second-order valence-corrected chi connectivity index (χ2v) is 7.83. The third-order valence-electron chi connectivity index (χ3n) is 5.54. The molecule has 1 aliphatic rings. The molecule has 154 valence electrons. The number of nitriles is 1. The summed E-state index contributed by atoms with van der Waals surface area (Å²) in [7, 11) is 0. The number of carbonyl (C=O) groups is 1. The molecule has 8 heteroatoms. The number of aliphatic hydroxyl groups is 1. The quantitative estimate of drug-likeness (QED) is 0.661. The molecular formula is C22H20F2N4O2. The summed E-state index contributed by atoms with van der Waals surface area (Å²) in [6.45, 7) is 1.44. The zero-order valence-corrected chi connectivity index (χ0v) is 16.3. The Morgan fingerprint density at radius 3 is 2.77 bits per heavy atom. The number of fused-ring (bicyclic) bond motifs is 1. The van der Waals surface area contributed by atoms with Crippen LogP contribution < -0.4 is 5.32 Å². The minimum absolute atomic E-state index is 0.0881. The summed E-state index contributed by atoms with van der Waals surface area (Å²) >= 11 is 0. The highest BCUT2D eigenvalue weighted by atomic mass is 19.1. The molecule has 30 heavy (non-hydrogen) atoms. The monoisotopic (exact) mass is 410 g/mol. The number of hydrogen-bond acceptors (Lipinski definition) is 4. The van der Waals surface area contributed by atoms with Gasteiger partial charge in [0.1, 0.15) is 17.7 Å². The molecule has 2 aromatic carbocycles. The Bertz CT molecular complexity index is 1180. The van der Waals surface area contributed by atoms with Crippen LogP contribution in [0.15, 0.2) is 36.4 Å². The number of nitrogens with zero attached hydrogens (tertiary/aromatic N) is 3. The summed E-state index contributed by atoms with van der Waals surface area (Å²) in [6.07, 6.45) is 2.48. The van der Waals surface area contributed by atoms with Crippen molar-refractivity contribution in [3.8, 4) is 6.07 Å². The minimum Gasteiger partial charge on any atom is -0.385 e. The van der Waals surface area contributed by atoms with Crippen molar-refractivity contribution in [3.05, 3.63) is 59.2 Å². The lowest BCUT2D eigenvalue weighted by atomic mass is 9.92. The number of anilines is 1. The number of amides is 1. The maximum Gasteiger partial charge on any atom is 0.229 e. The average molecular weight is 410 g/mol. The molecule has 1 saturated carbocycles. The molecule has 1 atom stereocenters. The summed E-state index contributed by atoms with van der Waals surface area (Å²) in [4.78, 5) is 17.0. The summed E-state index contributed by atoms with van der Waals surface area (Å²) in [6, 6.07) is 9.99. The Balaban J connectivity index is 1.64. The van der Waals surface area contributed by atoms with Crippen LogP contribution in [-0.4, -0.2) is 20.6 Å². The van der Waals surface area contributed by atoms with Crippen LogP contribution in [0.25, 0.3) is 11.0 Å². The predicted octanol–water partition coefficient (Wildman–Crippen LogP) is 4.15. The molecule has 0 aliphatic heterocycles. The number of carbonyl (C=O) groups excluding carboxylic acids is 1. The van der Waals surface area contributed by atoms with Gasteiger partial charge in [0, 0.05) is 12.1 Å². The lowest BCUT2D eigenvalue weighted by Crippen LogP contribution is -2.30. The van der Waals surface area contributed by atoms with Gasteiger partial charge in [-0.2, -0.15) is 5.26 Å². The number of rotatable bonds is 5. The van der Waals surface area contributed by atoms with E-state index in [0.717, 1.165) is 19.3 Å². The zero-order valence-electron chi connectivity index (χ0n) is 16.3. The number of aromatic nitrogens is 2. The molecule has 0 unspecified atom stereocenters. The molecule has 3 aromatic rings. The van der Waals surface area contributed by atoms with Crippen molar-refractivity contribution in [2.75, 3.05) is 5.32 Å². The van der Waals surface area contributed by atoms with Gasteiger partial charge in [-0.25, -0.2) is 13.8 Å². The fraction of sp³-hybridized carbons (Fsp3) is 0.318. The van der Waals surface area contributed by atoms with E-state index in [9.17, 15) is 18.7 Å². The number of hydrogen-bond donors (Lipinski definition) is 2. The number of nitrogens with one attached hydrogen (secondary N) is 1. The van der Waals surface area contributed by atoms with Gasteiger partial charge in [-0.3, -0.25) is 10.1 Å². The Kier molecular flexibility index (Phi) is 5.00. The molecule has 1 aromatic heterocycles. The van der Waals surface area contributed by atoms with E-state index in [1.54, 1.807) is 6.07 Å². The van der Waals surface area contributed by atoms with Gasteiger partial charge >= 0.3 is 0 Å². The molecule has 0 saturated heterocycles. The average Bonchev–Trinajstić information content (AvgIpc) is 2.95. The van der Waals surface area contributed by atoms with Crippen molar-refractivity contribution in [2.24, 2.45) is 0 Å². The van der Waals surface area contributed by atoms with E-state index in [1.165, 1.54) is 37.3 Å². The highest BCUT2D eigenvalue weighted by Gasteiger charge is 2.30. The summed E-state index contributed by atoms with van der Waals surface area (Å²) in [5, 5.41) is 22.5. The molecule has 2 N–H and O–H groups in total. The first-order valence-electron chi connectivity index (χ1n) is 9.68. The first-order valence-corrected chi connectivity index (χ1v) is 9.68. The predicted molar refractivity (Wildman–Crippen MR) is 107 cm³/mol. The second-order valence-electron chi connectivity index (χ2n) is 7.83. The number of imidazole rings is 1. The van der Waals surface area contributed by atoms with Gasteiger partial charge in [0.05, 0.1) is 28.6 Å². The van der Waals surface area contributed by atoms with Gasteiger partial charge in [0.15, 0.2) is 0 Å². The summed E-state index contributed by atoms with van der Waals surface area (Å²) < 4.78 is 29.4. The highest BCUT2D eigenvalue weighted by molar-refractivity contribution is 5.92. The first-order chi connectivity index (χ1) is 14.3. The molecule has 6 nitrogen and oxygen atoms in total. The van der Waals surface area contributed by atoms with Crippen LogP contribution in [0, 0.1) is 23.0 Å². The fourth-order valence-corrected chi connectivity index (χ4v) is 3.71. The molecule has 1 fully saturated rings. The van der Waals surface area contributed by atoms with Gasteiger partial charge in [0.25, 0.3) is 0 Å². The van der Waals surface area contributed by atoms with Crippen molar-refractivity contribution >= 4 is 22.9 Å². The number of halogens is 2. The van der Waals surface area contributed by atoms with Gasteiger partial charge in [0.2, 0.25) is 11.9 Å². The molecule has 1 heterocycles. The van der Waals surface area contributed by atoms with Crippen LogP contribution in [0.2, 0.25) is 0 Å². The molecule has 1 amide bonds. The van der Waals surface area contributed by atoms with E-state index >= 15 is 0 Å². The minimum atomic E-state index is -1.58. The molecule has 0 radical (unpaired) electrons. The topological polar surface area (TPSA) is 90.9 Å². The van der Waals surface area contributed by atoms with E-state index in [4.69, 9.17) is 5.26 Å². The Labute approximate surface area is 171 Å². The van der Waals surface area contributed by atoms with Crippen molar-refractivity contribution in [3.63, 3.8) is 0 Å². The van der Waals surface area contributed by atoms with Crippen molar-refractivity contribution in [2.45, 2.75) is 44.2 Å². The van der Waals surface area contributed by atoms with Crippen molar-refractivity contribution in [1.82, 2.24) is 9.55 Å². The molecule has 0 bridgehead atoms. The van der Waals surface area contributed by atoms with Crippen LogP contribution >= 0.6 is 0 Å². The third kappa shape index (κ3) is 3.64. The normalized spacial score (nSPS) is 16.0. The molecular weight excluding hydrogens is 390 g/mol. The third-order valence-corrected chi connectivity index (χ3v) is 5.54. The van der Waals surface area contributed by atoms with Gasteiger partial charge in [-0.05, 0) is 49.9 Å². The van der Waals surface area contributed by atoms with Crippen LogP contribution in [0.3, 0.4) is 0 Å². The van der Waals surface area contributed by atoms with Crippen molar-refractivity contribution < 1.29 is 18.7 Å². The Morgan fingerprint density at radius 1 is 1.37 bits per heavy atom. The lowest BCUT2D eigenvalue weighted by molar-refractivity contribution is -0.120. The van der Waals surface area contributed by atoms with E-state index in [2.05, 4.69) is 10.3 Å². The summed E-state index contributed by atoms with van der Waals surface area (Å²) in [5.41, 5.74) is -0.476. The first kappa shape index (κ1) is 20.0. The lowest BCUT2D eigenvalue weighted by Gasteiger charge is -2.29. The van der Waals surface area contributed by atoms with Crippen LogP contribution in [0.5, 0.6) is 0 Å². The van der Waals surface area contributed by atoms with Gasteiger partial charge in [-0.15, -0.1) is 0 Å². The Hall–Kier alpha value is -3.31. The molecule has 0 spiro atoms. The van der Waals surface area contributed by atoms with E-state index in [0.29, 0.717) is 11.0 Å². The SMILES string of the molecule is C[C@](O)(CC(=O)Nc1nc2cc(F)c(C#N)cc2n1C1CCC1)c1cccc(F)c1. The second kappa shape index (κ2) is 7.50. The van der Waals surface area contributed by atoms with E-state index in [1.807, 2.05) is 10.6 Å².